The number of carbonyl (C=O) groups is 2. The number of aliphatic hydroxyl groups is 1. The van der Waals surface area contributed by atoms with Crippen molar-refractivity contribution in [3.05, 3.63) is 53.6 Å². The van der Waals surface area contributed by atoms with Crippen molar-refractivity contribution >= 4 is 17.5 Å². The highest BCUT2D eigenvalue weighted by Gasteiger charge is 2.72. The Labute approximate surface area is 251 Å². The molecule has 5 nitrogen and oxygen atoms in total. The highest BCUT2D eigenvalue weighted by atomic mass is 16.4. The molecule has 5 heteroatoms. The maximum absolute atomic E-state index is 12.9. The molecule has 6 rings (SSSR count). The van der Waals surface area contributed by atoms with Gasteiger partial charge in [0.2, 0.25) is 0 Å². The number of rotatable bonds is 4. The highest BCUT2D eigenvalue weighted by molar-refractivity contribution is 5.88. The van der Waals surface area contributed by atoms with Crippen molar-refractivity contribution in [2.45, 2.75) is 99.0 Å². The number of aliphatic carboxylic acids is 1. The average Bonchev–Trinajstić information content (AvgIpc) is 3.33. The zero-order chi connectivity index (χ0) is 30.6. The Balaban J connectivity index is 1.40. The number of carboxylic acids is 2. The van der Waals surface area contributed by atoms with Crippen LogP contribution in [0.15, 0.2) is 42.5 Å². The molecule has 0 saturated heterocycles. The lowest BCUT2D eigenvalue weighted by molar-refractivity contribution is -0.242. The van der Waals surface area contributed by atoms with Crippen LogP contribution in [-0.2, 0) is 4.79 Å². The molecular formula is C37H50O5. The smallest absolute Gasteiger partial charge is 0.335 e. The van der Waals surface area contributed by atoms with Crippen LogP contribution >= 0.6 is 0 Å². The van der Waals surface area contributed by atoms with Crippen molar-refractivity contribution in [2.24, 2.45) is 56.7 Å². The Kier molecular flexibility index (Phi) is 6.57. The minimum Gasteiger partial charge on any atom is -0.481 e. The molecule has 4 saturated carbocycles. The summed E-state index contributed by atoms with van der Waals surface area (Å²) in [6.45, 7) is 18.4. The molecule has 0 spiro atoms. The lowest BCUT2D eigenvalue weighted by Crippen LogP contribution is -2.68. The summed E-state index contributed by atoms with van der Waals surface area (Å²) in [6.07, 6.45) is 8.99. The van der Waals surface area contributed by atoms with E-state index in [1.807, 2.05) is 12.1 Å². The van der Waals surface area contributed by atoms with Gasteiger partial charge >= 0.3 is 11.9 Å². The third-order valence-corrected chi connectivity index (χ3v) is 14.6. The largest absolute Gasteiger partial charge is 0.481 e. The van der Waals surface area contributed by atoms with Gasteiger partial charge in [0.15, 0.2) is 0 Å². The van der Waals surface area contributed by atoms with Crippen LogP contribution in [0.1, 0.15) is 109 Å². The lowest BCUT2D eigenvalue weighted by Gasteiger charge is -2.72. The van der Waals surface area contributed by atoms with Crippen LogP contribution in [0.25, 0.3) is 5.57 Å². The van der Waals surface area contributed by atoms with Crippen LogP contribution in [0.4, 0.5) is 0 Å². The molecule has 42 heavy (non-hydrogen) atoms. The third kappa shape index (κ3) is 3.58. The van der Waals surface area contributed by atoms with E-state index in [2.05, 4.69) is 54.2 Å². The number of aromatic carboxylic acids is 1. The Hall–Kier alpha value is -2.40. The van der Waals surface area contributed by atoms with Gasteiger partial charge in [-0.1, -0.05) is 65.0 Å². The van der Waals surface area contributed by atoms with E-state index >= 15 is 0 Å². The summed E-state index contributed by atoms with van der Waals surface area (Å²) in [6, 6.07) is 7.11. The lowest BCUT2D eigenvalue weighted by atomic mass is 9.32. The van der Waals surface area contributed by atoms with Crippen LogP contribution < -0.4 is 0 Å². The van der Waals surface area contributed by atoms with Crippen molar-refractivity contribution in [1.29, 1.82) is 0 Å². The molecule has 228 valence electrons. The maximum atomic E-state index is 12.9. The van der Waals surface area contributed by atoms with Crippen molar-refractivity contribution in [1.82, 2.24) is 0 Å². The Bertz CT molecular complexity index is 1360. The Morgan fingerprint density at radius 1 is 0.833 bits per heavy atom. The van der Waals surface area contributed by atoms with E-state index in [0.717, 1.165) is 68.1 Å². The quantitative estimate of drug-likeness (QED) is 0.316. The first-order valence-corrected chi connectivity index (χ1v) is 16.2. The number of benzene rings is 1. The summed E-state index contributed by atoms with van der Waals surface area (Å²) in [5, 5.41) is 32.1. The zero-order valence-electron chi connectivity index (χ0n) is 26.4. The summed E-state index contributed by atoms with van der Waals surface area (Å²) in [7, 11) is 0. The molecular weight excluding hydrogens is 524 g/mol. The fraction of sp³-hybridized carbons (Fsp3) is 0.676. The van der Waals surface area contributed by atoms with E-state index in [9.17, 15) is 24.9 Å². The van der Waals surface area contributed by atoms with E-state index in [1.54, 1.807) is 12.1 Å². The van der Waals surface area contributed by atoms with Gasteiger partial charge in [-0.3, -0.25) is 4.79 Å². The van der Waals surface area contributed by atoms with Gasteiger partial charge < -0.3 is 15.3 Å². The minimum atomic E-state index is -0.933. The Morgan fingerprint density at radius 3 is 2.10 bits per heavy atom. The molecule has 0 amide bonds. The zero-order valence-corrected chi connectivity index (χ0v) is 26.4. The van der Waals surface area contributed by atoms with Gasteiger partial charge in [-0.15, -0.1) is 0 Å². The van der Waals surface area contributed by atoms with Gasteiger partial charge in [0.25, 0.3) is 0 Å². The number of aliphatic hydroxyl groups excluding tert-OH is 1. The highest BCUT2D eigenvalue weighted by Crippen LogP contribution is 2.77. The summed E-state index contributed by atoms with van der Waals surface area (Å²) >= 11 is 0. The molecule has 0 aromatic heterocycles. The number of hydrogen-bond acceptors (Lipinski definition) is 3. The SMILES string of the molecule is C=C(C)[C@@H]1CC[C@]2(C(=O)O)CC[C@]3(C)[C@H](CC[C@@H]4[C@@]5(C)[C@@H](O)C=C(c6ccc(C(=O)O)cc6)C(C)(C)[C@@H]5CC[C@]43C)[C@@H]12. The molecule has 3 N–H and O–H groups in total. The van der Waals surface area contributed by atoms with Crippen LogP contribution in [0.3, 0.4) is 0 Å². The van der Waals surface area contributed by atoms with Gasteiger partial charge in [0.1, 0.15) is 0 Å². The maximum Gasteiger partial charge on any atom is 0.335 e. The summed E-state index contributed by atoms with van der Waals surface area (Å²) in [5.74, 6) is -0.169. The molecule has 5 aliphatic carbocycles. The first-order valence-electron chi connectivity index (χ1n) is 16.2. The second kappa shape index (κ2) is 9.30. The molecule has 5 aliphatic rings. The topological polar surface area (TPSA) is 94.8 Å². The predicted molar refractivity (Wildman–Crippen MR) is 165 cm³/mol. The number of hydrogen-bond donors (Lipinski definition) is 3. The second-order valence-electron chi connectivity index (χ2n) is 16.1. The van der Waals surface area contributed by atoms with Gasteiger partial charge in [-0.25, -0.2) is 4.79 Å². The fourth-order valence-electron chi connectivity index (χ4n) is 12.4. The standard InChI is InChI=1S/C37H50O5/c1-21(2)24-14-17-37(32(41)42)19-18-34(5)25(30(24)37)12-13-28-35(34,6)16-15-27-33(3,4)26(20-29(38)36(27,28)7)22-8-10-23(11-9-22)31(39)40/h8-11,20,24-25,27-30,38H,1,12-19H2,2-7H3,(H,39,40)(H,41,42)/t24-,25+,27-,28-,29-,30+,34+,35+,36-,37-/m0/s1. The van der Waals surface area contributed by atoms with E-state index < -0.39 is 23.5 Å². The van der Waals surface area contributed by atoms with Crippen molar-refractivity contribution in [2.75, 3.05) is 0 Å². The van der Waals surface area contributed by atoms with E-state index in [-0.39, 0.29) is 45.0 Å². The summed E-state index contributed by atoms with van der Waals surface area (Å²) < 4.78 is 0. The summed E-state index contributed by atoms with van der Waals surface area (Å²) in [4.78, 5) is 24.4. The summed E-state index contributed by atoms with van der Waals surface area (Å²) in [5.41, 5.74) is 2.39. The third-order valence-electron chi connectivity index (χ3n) is 14.6. The molecule has 0 heterocycles. The van der Waals surface area contributed by atoms with E-state index in [4.69, 9.17) is 0 Å². The van der Waals surface area contributed by atoms with Gasteiger partial charge in [0.05, 0.1) is 17.1 Å². The van der Waals surface area contributed by atoms with E-state index in [1.165, 1.54) is 0 Å². The normalized spacial score (nSPS) is 45.5. The average molecular weight is 575 g/mol. The fourth-order valence-corrected chi connectivity index (χ4v) is 12.4. The van der Waals surface area contributed by atoms with Gasteiger partial charge in [-0.05, 0) is 127 Å². The monoisotopic (exact) mass is 574 g/mol. The first-order chi connectivity index (χ1) is 19.6. The van der Waals surface area contributed by atoms with Gasteiger partial charge in [-0.2, -0.15) is 0 Å². The number of carboxylic acid groups (broad SMARTS) is 2. The van der Waals surface area contributed by atoms with Crippen LogP contribution in [0.2, 0.25) is 0 Å². The molecule has 1 aromatic rings. The Morgan fingerprint density at radius 2 is 1.50 bits per heavy atom. The first kappa shape index (κ1) is 29.7. The van der Waals surface area contributed by atoms with Crippen molar-refractivity contribution in [3.63, 3.8) is 0 Å². The molecule has 4 fully saturated rings. The molecule has 10 atom stereocenters. The molecule has 1 aromatic carbocycles. The van der Waals surface area contributed by atoms with Crippen molar-refractivity contribution < 1.29 is 24.9 Å². The van der Waals surface area contributed by atoms with Crippen LogP contribution in [0, 0.1) is 56.7 Å². The molecule has 0 unspecified atom stereocenters. The molecule has 0 radical (unpaired) electrons. The predicted octanol–water partition coefficient (Wildman–Crippen LogP) is 8.09. The van der Waals surface area contributed by atoms with E-state index in [0.29, 0.717) is 11.8 Å². The van der Waals surface area contributed by atoms with Crippen LogP contribution in [-0.4, -0.2) is 33.4 Å². The van der Waals surface area contributed by atoms with Crippen molar-refractivity contribution in [3.8, 4) is 0 Å². The minimum absolute atomic E-state index is 0.000413. The second-order valence-corrected chi connectivity index (χ2v) is 16.1. The molecule has 0 bridgehead atoms. The van der Waals surface area contributed by atoms with Crippen LogP contribution in [0.5, 0.6) is 0 Å². The molecule has 0 aliphatic heterocycles. The van der Waals surface area contributed by atoms with Gasteiger partial charge in [0, 0.05) is 5.41 Å². The number of allylic oxidation sites excluding steroid dienone is 2. The number of fused-ring (bicyclic) bond motifs is 7.